The first-order valence-electron chi connectivity index (χ1n) is 6.31. The zero-order valence-corrected chi connectivity index (χ0v) is 11.1. The minimum atomic E-state index is -0.131. The molecule has 0 bridgehead atoms. The molecule has 98 valence electrons. The second-order valence-corrected chi connectivity index (χ2v) is 4.63. The molecule has 0 aliphatic rings. The third-order valence-corrected chi connectivity index (χ3v) is 2.80. The van der Waals surface area contributed by atoms with E-state index in [9.17, 15) is 4.79 Å². The molecule has 1 amide bonds. The first kappa shape index (κ1) is 13.2. The van der Waals surface area contributed by atoms with Gasteiger partial charge in [-0.3, -0.25) is 14.8 Å². The van der Waals surface area contributed by atoms with Crippen molar-refractivity contribution in [2.75, 3.05) is 0 Å². The van der Waals surface area contributed by atoms with E-state index in [1.54, 1.807) is 18.5 Å². The van der Waals surface area contributed by atoms with Crippen molar-refractivity contribution in [1.82, 2.24) is 15.3 Å². The number of nitrogens with one attached hydrogen (secondary N) is 1. The molecule has 0 atom stereocenters. The summed E-state index contributed by atoms with van der Waals surface area (Å²) in [5.41, 5.74) is 2.39. The molecule has 0 fully saturated rings. The van der Waals surface area contributed by atoms with Gasteiger partial charge in [0.2, 0.25) is 0 Å². The van der Waals surface area contributed by atoms with Gasteiger partial charge in [0.15, 0.2) is 0 Å². The molecule has 0 spiro atoms. The van der Waals surface area contributed by atoms with Gasteiger partial charge in [-0.2, -0.15) is 0 Å². The van der Waals surface area contributed by atoms with Crippen LogP contribution in [0, 0.1) is 0 Å². The average molecular weight is 255 g/mol. The van der Waals surface area contributed by atoms with Gasteiger partial charge in [-0.25, -0.2) is 0 Å². The van der Waals surface area contributed by atoms with Crippen LogP contribution in [0.1, 0.15) is 41.5 Å². The molecular formula is C15H17N3O. The fraction of sp³-hybridized carbons (Fsp3) is 0.267. The summed E-state index contributed by atoms with van der Waals surface area (Å²) in [6, 6.07) is 9.31. The summed E-state index contributed by atoms with van der Waals surface area (Å²) in [5.74, 6) is 0.235. The average Bonchev–Trinajstić information content (AvgIpc) is 2.46. The maximum absolute atomic E-state index is 11.9. The predicted molar refractivity (Wildman–Crippen MR) is 73.7 cm³/mol. The summed E-state index contributed by atoms with van der Waals surface area (Å²) in [5, 5.41) is 2.82. The number of nitrogens with zero attached hydrogens (tertiary/aromatic N) is 2. The fourth-order valence-corrected chi connectivity index (χ4v) is 1.66. The second-order valence-electron chi connectivity index (χ2n) is 4.63. The van der Waals surface area contributed by atoms with E-state index < -0.39 is 0 Å². The third-order valence-electron chi connectivity index (χ3n) is 2.80. The first-order valence-corrected chi connectivity index (χ1v) is 6.31. The van der Waals surface area contributed by atoms with Gasteiger partial charge in [0, 0.05) is 18.1 Å². The predicted octanol–water partition coefficient (Wildman–Crippen LogP) is 2.53. The van der Waals surface area contributed by atoms with Crippen molar-refractivity contribution >= 4 is 5.91 Å². The Morgan fingerprint density at radius 3 is 2.63 bits per heavy atom. The Morgan fingerprint density at radius 2 is 2.05 bits per heavy atom. The van der Waals surface area contributed by atoms with Crippen LogP contribution in [0.25, 0.3) is 0 Å². The highest BCUT2D eigenvalue weighted by Crippen LogP contribution is 2.11. The Morgan fingerprint density at radius 1 is 1.21 bits per heavy atom. The van der Waals surface area contributed by atoms with E-state index in [0.29, 0.717) is 18.0 Å². The standard InChI is InChI=1S/C15H17N3O/c1-11(2)14-7-6-12(9-17-14)15(19)18-10-13-5-3-4-8-16-13/h3-9,11H,10H2,1-2H3,(H,18,19). The van der Waals surface area contributed by atoms with Crippen molar-refractivity contribution in [1.29, 1.82) is 0 Å². The number of rotatable bonds is 4. The van der Waals surface area contributed by atoms with Crippen LogP contribution in [-0.2, 0) is 6.54 Å². The van der Waals surface area contributed by atoms with Gasteiger partial charge in [-0.1, -0.05) is 19.9 Å². The fourth-order valence-electron chi connectivity index (χ4n) is 1.66. The van der Waals surface area contributed by atoms with E-state index in [1.807, 2.05) is 24.3 Å². The summed E-state index contributed by atoms with van der Waals surface area (Å²) in [7, 11) is 0. The quantitative estimate of drug-likeness (QED) is 0.913. The Labute approximate surface area is 112 Å². The SMILES string of the molecule is CC(C)c1ccc(C(=O)NCc2ccccn2)cn1. The Balaban J connectivity index is 1.96. The van der Waals surface area contributed by atoms with Crippen LogP contribution in [0.3, 0.4) is 0 Å². The van der Waals surface area contributed by atoms with Crippen molar-refractivity contribution in [3.8, 4) is 0 Å². The van der Waals surface area contributed by atoms with Crippen LogP contribution < -0.4 is 5.32 Å². The monoisotopic (exact) mass is 255 g/mol. The number of aromatic nitrogens is 2. The number of carbonyl (C=O) groups excluding carboxylic acids is 1. The van der Waals surface area contributed by atoms with Gasteiger partial charge in [-0.15, -0.1) is 0 Å². The molecule has 4 heteroatoms. The lowest BCUT2D eigenvalue weighted by Gasteiger charge is -2.07. The molecule has 0 saturated heterocycles. The van der Waals surface area contributed by atoms with E-state index in [0.717, 1.165) is 11.4 Å². The normalized spacial score (nSPS) is 10.5. The molecule has 2 rings (SSSR count). The molecule has 0 radical (unpaired) electrons. The van der Waals surface area contributed by atoms with Gasteiger partial charge in [0.05, 0.1) is 17.8 Å². The largest absolute Gasteiger partial charge is 0.346 e. The molecule has 2 aromatic rings. The Bertz CT molecular complexity index is 535. The highest BCUT2D eigenvalue weighted by molar-refractivity contribution is 5.93. The van der Waals surface area contributed by atoms with Crippen LogP contribution in [0.5, 0.6) is 0 Å². The molecule has 0 aliphatic carbocycles. The Hall–Kier alpha value is -2.23. The number of hydrogen-bond acceptors (Lipinski definition) is 3. The summed E-state index contributed by atoms with van der Waals surface area (Å²) in [6.07, 6.45) is 3.32. The molecule has 4 nitrogen and oxygen atoms in total. The van der Waals surface area contributed by atoms with Gasteiger partial charge in [0.1, 0.15) is 0 Å². The molecule has 19 heavy (non-hydrogen) atoms. The molecule has 2 heterocycles. The topological polar surface area (TPSA) is 54.9 Å². The molecule has 0 aromatic carbocycles. The maximum Gasteiger partial charge on any atom is 0.253 e. The highest BCUT2D eigenvalue weighted by Gasteiger charge is 2.07. The number of hydrogen-bond donors (Lipinski definition) is 1. The van der Waals surface area contributed by atoms with Gasteiger partial charge in [-0.05, 0) is 30.2 Å². The number of amides is 1. The van der Waals surface area contributed by atoms with E-state index in [4.69, 9.17) is 0 Å². The lowest BCUT2D eigenvalue weighted by Crippen LogP contribution is -2.23. The minimum Gasteiger partial charge on any atom is -0.346 e. The molecule has 1 N–H and O–H groups in total. The van der Waals surface area contributed by atoms with E-state index in [1.165, 1.54) is 0 Å². The summed E-state index contributed by atoms with van der Waals surface area (Å²) in [4.78, 5) is 20.3. The lowest BCUT2D eigenvalue weighted by molar-refractivity contribution is 0.0950. The van der Waals surface area contributed by atoms with Crippen molar-refractivity contribution in [3.63, 3.8) is 0 Å². The highest BCUT2D eigenvalue weighted by atomic mass is 16.1. The van der Waals surface area contributed by atoms with Crippen molar-refractivity contribution in [2.24, 2.45) is 0 Å². The van der Waals surface area contributed by atoms with Gasteiger partial charge in [0.25, 0.3) is 5.91 Å². The van der Waals surface area contributed by atoms with E-state index in [-0.39, 0.29) is 5.91 Å². The van der Waals surface area contributed by atoms with Crippen LogP contribution in [0.15, 0.2) is 42.7 Å². The molecule has 0 unspecified atom stereocenters. The zero-order valence-electron chi connectivity index (χ0n) is 11.1. The van der Waals surface area contributed by atoms with Crippen molar-refractivity contribution in [3.05, 3.63) is 59.7 Å². The van der Waals surface area contributed by atoms with Gasteiger partial charge >= 0.3 is 0 Å². The zero-order chi connectivity index (χ0) is 13.7. The number of pyridine rings is 2. The molecular weight excluding hydrogens is 238 g/mol. The van der Waals surface area contributed by atoms with Crippen LogP contribution in [0.4, 0.5) is 0 Å². The maximum atomic E-state index is 11.9. The van der Waals surface area contributed by atoms with Crippen LogP contribution in [-0.4, -0.2) is 15.9 Å². The smallest absolute Gasteiger partial charge is 0.253 e. The van der Waals surface area contributed by atoms with E-state index in [2.05, 4.69) is 29.1 Å². The molecule has 0 aliphatic heterocycles. The van der Waals surface area contributed by atoms with E-state index >= 15 is 0 Å². The summed E-state index contributed by atoms with van der Waals surface area (Å²) < 4.78 is 0. The third kappa shape index (κ3) is 3.61. The first-order chi connectivity index (χ1) is 9.16. The minimum absolute atomic E-state index is 0.131. The van der Waals surface area contributed by atoms with Gasteiger partial charge < -0.3 is 5.32 Å². The lowest BCUT2D eigenvalue weighted by atomic mass is 10.1. The molecule has 0 saturated carbocycles. The van der Waals surface area contributed by atoms with Crippen molar-refractivity contribution < 1.29 is 4.79 Å². The number of carbonyl (C=O) groups is 1. The van der Waals surface area contributed by atoms with Crippen LogP contribution >= 0.6 is 0 Å². The molecule has 2 aromatic heterocycles. The summed E-state index contributed by atoms with van der Waals surface area (Å²) in [6.45, 7) is 4.57. The van der Waals surface area contributed by atoms with Crippen molar-refractivity contribution in [2.45, 2.75) is 26.3 Å². The summed E-state index contributed by atoms with van der Waals surface area (Å²) >= 11 is 0. The second kappa shape index (κ2) is 6.09. The van der Waals surface area contributed by atoms with Crippen LogP contribution in [0.2, 0.25) is 0 Å². The Kier molecular flexibility index (Phi) is 4.23.